The summed E-state index contributed by atoms with van der Waals surface area (Å²) in [6, 6.07) is 14.4. The Morgan fingerprint density at radius 3 is 2.64 bits per heavy atom. The van der Waals surface area contributed by atoms with Crippen LogP contribution in [0.3, 0.4) is 0 Å². The zero-order chi connectivity index (χ0) is 25.5. The summed E-state index contributed by atoms with van der Waals surface area (Å²) in [6.07, 6.45) is 5.83. The molecule has 1 amide bonds. The van der Waals surface area contributed by atoms with E-state index in [9.17, 15) is 9.18 Å². The molecule has 0 radical (unpaired) electrons. The highest BCUT2D eigenvalue weighted by molar-refractivity contribution is 7.99. The number of halogens is 1. The lowest BCUT2D eigenvalue weighted by atomic mass is 10.2. The zero-order valence-corrected chi connectivity index (χ0v) is 21.5. The summed E-state index contributed by atoms with van der Waals surface area (Å²) in [5.41, 5.74) is 4.09. The number of hydrogen-bond donors (Lipinski definition) is 2. The van der Waals surface area contributed by atoms with Crippen LogP contribution in [-0.2, 0) is 6.54 Å². The van der Waals surface area contributed by atoms with Gasteiger partial charge in [0.25, 0.3) is 5.91 Å². The number of benzene rings is 2. The van der Waals surface area contributed by atoms with Gasteiger partial charge in [-0.2, -0.15) is 5.10 Å². The molecule has 0 saturated heterocycles. The highest BCUT2D eigenvalue weighted by atomic mass is 32.2. The number of nitrogens with one attached hydrogen (secondary N) is 2. The van der Waals surface area contributed by atoms with Crippen LogP contribution in [0, 0.1) is 5.82 Å². The first-order chi connectivity index (χ1) is 17.5. The number of nitrogens with zero attached hydrogens (tertiary/aromatic N) is 3. The number of carbonyl (C=O) groups is 1. The molecular formula is C28H30FN5OS. The lowest BCUT2D eigenvalue weighted by molar-refractivity contribution is 0.0952. The van der Waals surface area contributed by atoms with E-state index in [4.69, 9.17) is 0 Å². The summed E-state index contributed by atoms with van der Waals surface area (Å²) in [4.78, 5) is 20.9. The smallest absolute Gasteiger partial charge is 0.252 e. The molecule has 2 aromatic carbocycles. The number of carbonyl (C=O) groups excluding carboxylic acids is 1. The molecule has 0 bridgehead atoms. The van der Waals surface area contributed by atoms with Gasteiger partial charge in [-0.25, -0.2) is 4.39 Å². The van der Waals surface area contributed by atoms with Gasteiger partial charge in [0.2, 0.25) is 0 Å². The van der Waals surface area contributed by atoms with Crippen molar-refractivity contribution in [2.75, 3.05) is 19.6 Å². The summed E-state index contributed by atoms with van der Waals surface area (Å²) in [5, 5.41) is 11.3. The Hall–Kier alpha value is -3.49. The molecular weight excluding hydrogens is 473 g/mol. The maximum atomic E-state index is 13.8. The van der Waals surface area contributed by atoms with Gasteiger partial charge in [0, 0.05) is 34.5 Å². The molecule has 8 heteroatoms. The van der Waals surface area contributed by atoms with Crippen LogP contribution < -0.4 is 5.32 Å². The molecule has 0 aliphatic rings. The summed E-state index contributed by atoms with van der Waals surface area (Å²) >= 11 is 1.41. The van der Waals surface area contributed by atoms with E-state index in [0.29, 0.717) is 17.0 Å². The second kappa shape index (κ2) is 12.0. The Kier molecular flexibility index (Phi) is 8.51. The second-order valence-electron chi connectivity index (χ2n) is 8.30. The van der Waals surface area contributed by atoms with E-state index in [2.05, 4.69) is 45.3 Å². The summed E-state index contributed by atoms with van der Waals surface area (Å²) < 4.78 is 13.8. The minimum absolute atomic E-state index is 0.288. The second-order valence-corrected chi connectivity index (χ2v) is 9.42. The topological polar surface area (TPSA) is 73.9 Å². The monoisotopic (exact) mass is 503 g/mol. The largest absolute Gasteiger partial charge is 0.352 e. The molecule has 2 heterocycles. The first-order valence-corrected chi connectivity index (χ1v) is 12.9. The third kappa shape index (κ3) is 6.19. The molecule has 0 unspecified atom stereocenters. The van der Waals surface area contributed by atoms with E-state index >= 15 is 0 Å². The Bertz CT molecular complexity index is 1360. The third-order valence-corrected chi connectivity index (χ3v) is 6.94. The summed E-state index contributed by atoms with van der Waals surface area (Å²) in [6.45, 7) is 9.57. The summed E-state index contributed by atoms with van der Waals surface area (Å²) in [7, 11) is 0. The minimum atomic E-state index is -0.436. The van der Waals surface area contributed by atoms with E-state index in [-0.39, 0.29) is 5.91 Å². The molecule has 4 aromatic rings. The van der Waals surface area contributed by atoms with Crippen LogP contribution in [0.2, 0.25) is 0 Å². The maximum Gasteiger partial charge on any atom is 0.252 e. The normalized spacial score (nSPS) is 11.6. The molecule has 2 N–H and O–H groups in total. The standard InChI is InChI=1S/C28H30FN5OS/c1-4-30-28(35)24-15-20(29)8-14-27(24)36-22-11-12-23-25(32-33-26(23)16-22)13-10-21-9-7-19(17-31-21)18-34(5-2)6-3/h7-17H,4-6,18H2,1-3H3,(H,30,35)(H,32,33)/b13-10+. The van der Waals surface area contributed by atoms with Crippen LogP contribution in [0.5, 0.6) is 0 Å². The Labute approximate surface area is 215 Å². The molecule has 0 fully saturated rings. The fourth-order valence-electron chi connectivity index (χ4n) is 3.86. The number of aromatic nitrogens is 3. The Balaban J connectivity index is 1.49. The van der Waals surface area contributed by atoms with Crippen molar-refractivity contribution in [3.8, 4) is 0 Å². The molecule has 0 atom stereocenters. The van der Waals surface area contributed by atoms with Gasteiger partial charge in [-0.3, -0.25) is 19.8 Å². The van der Waals surface area contributed by atoms with Crippen LogP contribution in [0.15, 0.2) is 64.5 Å². The lowest BCUT2D eigenvalue weighted by Gasteiger charge is -2.17. The quantitative estimate of drug-likeness (QED) is 0.277. The van der Waals surface area contributed by atoms with E-state index in [0.717, 1.165) is 46.8 Å². The van der Waals surface area contributed by atoms with Gasteiger partial charge in [0.05, 0.1) is 22.5 Å². The highest BCUT2D eigenvalue weighted by Gasteiger charge is 2.14. The first-order valence-electron chi connectivity index (χ1n) is 12.1. The number of fused-ring (bicyclic) bond motifs is 1. The SMILES string of the molecule is CCNC(=O)c1cc(F)ccc1Sc1ccc2c(/C=C/c3ccc(CN(CC)CC)cn3)n[nH]c2c1. The van der Waals surface area contributed by atoms with Crippen molar-refractivity contribution in [3.05, 3.63) is 83.1 Å². The first kappa shape index (κ1) is 25.6. The Morgan fingerprint density at radius 2 is 1.92 bits per heavy atom. The van der Waals surface area contributed by atoms with Gasteiger partial charge >= 0.3 is 0 Å². The molecule has 0 spiro atoms. The van der Waals surface area contributed by atoms with Gasteiger partial charge in [-0.1, -0.05) is 31.7 Å². The number of rotatable bonds is 10. The van der Waals surface area contributed by atoms with E-state index < -0.39 is 5.82 Å². The van der Waals surface area contributed by atoms with Crippen LogP contribution in [0.1, 0.15) is 48.1 Å². The molecule has 2 aromatic heterocycles. The van der Waals surface area contributed by atoms with Crippen LogP contribution in [0.25, 0.3) is 23.1 Å². The van der Waals surface area contributed by atoms with Gasteiger partial charge < -0.3 is 5.32 Å². The average molecular weight is 504 g/mol. The van der Waals surface area contributed by atoms with Crippen molar-refractivity contribution in [2.24, 2.45) is 0 Å². The predicted octanol–water partition coefficient (Wildman–Crippen LogP) is 6.01. The van der Waals surface area contributed by atoms with Gasteiger partial charge in [-0.15, -0.1) is 0 Å². The number of aromatic amines is 1. The molecule has 4 rings (SSSR count). The van der Waals surface area contributed by atoms with Crippen molar-refractivity contribution >= 4 is 40.7 Å². The van der Waals surface area contributed by atoms with Crippen molar-refractivity contribution in [1.82, 2.24) is 25.4 Å². The highest BCUT2D eigenvalue weighted by Crippen LogP contribution is 2.33. The van der Waals surface area contributed by atoms with Crippen LogP contribution >= 0.6 is 11.8 Å². The molecule has 0 saturated carbocycles. The van der Waals surface area contributed by atoms with Gasteiger partial charge in [0.1, 0.15) is 5.82 Å². The molecule has 0 aliphatic heterocycles. The Morgan fingerprint density at radius 1 is 1.08 bits per heavy atom. The van der Waals surface area contributed by atoms with Gasteiger partial charge in [0.15, 0.2) is 0 Å². The maximum absolute atomic E-state index is 13.8. The average Bonchev–Trinajstić information content (AvgIpc) is 3.30. The fraction of sp³-hybridized carbons (Fsp3) is 0.250. The third-order valence-electron chi connectivity index (χ3n) is 5.88. The minimum Gasteiger partial charge on any atom is -0.352 e. The lowest BCUT2D eigenvalue weighted by Crippen LogP contribution is -2.23. The molecule has 36 heavy (non-hydrogen) atoms. The molecule has 0 aliphatic carbocycles. The van der Waals surface area contributed by atoms with E-state index in [1.165, 1.54) is 29.5 Å². The van der Waals surface area contributed by atoms with Crippen LogP contribution in [0.4, 0.5) is 4.39 Å². The number of amides is 1. The van der Waals surface area contributed by atoms with Crippen molar-refractivity contribution in [3.63, 3.8) is 0 Å². The molecule has 186 valence electrons. The van der Waals surface area contributed by atoms with Crippen molar-refractivity contribution in [1.29, 1.82) is 0 Å². The number of pyridine rings is 1. The van der Waals surface area contributed by atoms with Gasteiger partial charge in [-0.05, 0) is 80.2 Å². The zero-order valence-electron chi connectivity index (χ0n) is 20.7. The summed E-state index contributed by atoms with van der Waals surface area (Å²) in [5.74, 6) is -0.724. The van der Waals surface area contributed by atoms with Crippen molar-refractivity contribution < 1.29 is 9.18 Å². The van der Waals surface area contributed by atoms with E-state index in [1.807, 2.05) is 49.5 Å². The number of H-pyrrole nitrogens is 1. The van der Waals surface area contributed by atoms with Crippen molar-refractivity contribution in [2.45, 2.75) is 37.1 Å². The van der Waals surface area contributed by atoms with E-state index in [1.54, 1.807) is 6.07 Å². The molecule has 6 nitrogen and oxygen atoms in total. The predicted molar refractivity (Wildman–Crippen MR) is 144 cm³/mol. The van der Waals surface area contributed by atoms with Crippen LogP contribution in [-0.4, -0.2) is 45.6 Å². The fourth-order valence-corrected chi connectivity index (χ4v) is 4.82. The number of hydrogen-bond acceptors (Lipinski definition) is 5.